The van der Waals surface area contributed by atoms with Crippen LogP contribution in [0.2, 0.25) is 0 Å². The highest BCUT2D eigenvalue weighted by atomic mass is 19.1. The maximum absolute atomic E-state index is 13.4. The van der Waals surface area contributed by atoms with Gasteiger partial charge in [0.2, 0.25) is 0 Å². The second-order valence-electron chi connectivity index (χ2n) is 5.16. The van der Waals surface area contributed by atoms with Crippen molar-refractivity contribution in [3.8, 4) is 11.1 Å². The third kappa shape index (κ3) is 2.15. The molecule has 3 rings (SSSR count). The lowest BCUT2D eigenvalue weighted by Gasteiger charge is -2.09. The average Bonchev–Trinajstić information content (AvgIpc) is 3.15. The van der Waals surface area contributed by atoms with E-state index in [0.717, 1.165) is 28.1 Å². The fraction of sp³-hybridized carbons (Fsp3) is 0.312. The molecule has 0 atom stereocenters. The third-order valence-electron chi connectivity index (χ3n) is 3.48. The summed E-state index contributed by atoms with van der Waals surface area (Å²) in [6, 6.07) is 9.10. The molecule has 18 heavy (non-hydrogen) atoms. The third-order valence-corrected chi connectivity index (χ3v) is 3.48. The summed E-state index contributed by atoms with van der Waals surface area (Å²) >= 11 is 0. The van der Waals surface area contributed by atoms with Gasteiger partial charge < -0.3 is 0 Å². The number of hydrogen-bond acceptors (Lipinski definition) is 1. The van der Waals surface area contributed by atoms with Crippen LogP contribution in [0.4, 0.5) is 4.39 Å². The van der Waals surface area contributed by atoms with E-state index in [0.29, 0.717) is 5.92 Å². The number of rotatable bonds is 2. The number of pyridine rings is 1. The highest BCUT2D eigenvalue weighted by Gasteiger charge is 2.25. The summed E-state index contributed by atoms with van der Waals surface area (Å²) in [5.41, 5.74) is 5.33. The van der Waals surface area contributed by atoms with Crippen LogP contribution in [-0.2, 0) is 0 Å². The molecular formula is C16H16FN. The standard InChI is InChI=1S/C16H16FN/c1-10-3-6-14(17)9-15(10)13-7-11(2)18-16(8-13)12-4-5-12/h3,6-9,12H,4-5H2,1-2H3. The summed E-state index contributed by atoms with van der Waals surface area (Å²) in [7, 11) is 0. The van der Waals surface area contributed by atoms with Gasteiger partial charge in [-0.15, -0.1) is 0 Å². The summed E-state index contributed by atoms with van der Waals surface area (Å²) in [6.45, 7) is 4.02. The molecule has 0 N–H and O–H groups in total. The van der Waals surface area contributed by atoms with E-state index in [1.165, 1.54) is 18.9 Å². The van der Waals surface area contributed by atoms with Gasteiger partial charge in [0.05, 0.1) is 0 Å². The topological polar surface area (TPSA) is 12.9 Å². The maximum Gasteiger partial charge on any atom is 0.123 e. The Morgan fingerprint density at radius 2 is 1.89 bits per heavy atom. The first-order valence-corrected chi connectivity index (χ1v) is 6.38. The van der Waals surface area contributed by atoms with Gasteiger partial charge in [-0.2, -0.15) is 0 Å². The zero-order chi connectivity index (χ0) is 12.7. The molecule has 0 radical (unpaired) electrons. The Morgan fingerprint density at radius 3 is 2.61 bits per heavy atom. The minimum atomic E-state index is -0.182. The molecule has 1 aromatic heterocycles. The van der Waals surface area contributed by atoms with Crippen molar-refractivity contribution < 1.29 is 4.39 Å². The van der Waals surface area contributed by atoms with E-state index in [1.54, 1.807) is 6.07 Å². The van der Waals surface area contributed by atoms with Crippen LogP contribution in [0.1, 0.15) is 35.7 Å². The Bertz CT molecular complexity index is 600. The molecule has 2 aromatic rings. The van der Waals surface area contributed by atoms with Crippen molar-refractivity contribution in [3.05, 3.63) is 53.1 Å². The molecule has 0 amide bonds. The van der Waals surface area contributed by atoms with E-state index in [1.807, 2.05) is 26.0 Å². The van der Waals surface area contributed by atoms with E-state index in [4.69, 9.17) is 0 Å². The fourth-order valence-corrected chi connectivity index (χ4v) is 2.34. The first-order chi connectivity index (χ1) is 8.63. The maximum atomic E-state index is 13.4. The van der Waals surface area contributed by atoms with Crippen molar-refractivity contribution in [3.63, 3.8) is 0 Å². The molecule has 0 bridgehead atoms. The highest BCUT2D eigenvalue weighted by molar-refractivity contribution is 5.68. The van der Waals surface area contributed by atoms with E-state index in [9.17, 15) is 4.39 Å². The van der Waals surface area contributed by atoms with Crippen LogP contribution >= 0.6 is 0 Å². The Labute approximate surface area is 107 Å². The minimum absolute atomic E-state index is 0.182. The quantitative estimate of drug-likeness (QED) is 0.760. The lowest BCUT2D eigenvalue weighted by molar-refractivity contribution is 0.628. The minimum Gasteiger partial charge on any atom is -0.258 e. The highest BCUT2D eigenvalue weighted by Crippen LogP contribution is 2.40. The number of nitrogens with zero attached hydrogens (tertiary/aromatic N) is 1. The largest absolute Gasteiger partial charge is 0.258 e. The fourth-order valence-electron chi connectivity index (χ4n) is 2.34. The molecule has 1 saturated carbocycles. The summed E-state index contributed by atoms with van der Waals surface area (Å²) in [4.78, 5) is 4.58. The van der Waals surface area contributed by atoms with Crippen LogP contribution in [-0.4, -0.2) is 4.98 Å². The molecule has 2 heteroatoms. The molecule has 1 aromatic carbocycles. The average molecular weight is 241 g/mol. The molecule has 1 aliphatic carbocycles. The van der Waals surface area contributed by atoms with Crippen molar-refractivity contribution in [2.24, 2.45) is 0 Å². The first-order valence-electron chi connectivity index (χ1n) is 6.38. The molecule has 1 heterocycles. The Hall–Kier alpha value is -1.70. The number of aromatic nitrogens is 1. The molecular weight excluding hydrogens is 225 g/mol. The van der Waals surface area contributed by atoms with Crippen molar-refractivity contribution in [2.45, 2.75) is 32.6 Å². The summed E-state index contributed by atoms with van der Waals surface area (Å²) in [5.74, 6) is 0.440. The zero-order valence-electron chi connectivity index (χ0n) is 10.7. The van der Waals surface area contributed by atoms with Gasteiger partial charge in [-0.25, -0.2) is 4.39 Å². The lowest BCUT2D eigenvalue weighted by atomic mass is 9.99. The van der Waals surface area contributed by atoms with E-state index >= 15 is 0 Å². The molecule has 1 nitrogen and oxygen atoms in total. The predicted octanol–water partition coefficient (Wildman–Crippen LogP) is 4.38. The molecule has 1 fully saturated rings. The van der Waals surface area contributed by atoms with Gasteiger partial charge in [0, 0.05) is 17.3 Å². The summed E-state index contributed by atoms with van der Waals surface area (Å²) in [6.07, 6.45) is 2.47. The van der Waals surface area contributed by atoms with Gasteiger partial charge in [-0.3, -0.25) is 4.98 Å². The summed E-state index contributed by atoms with van der Waals surface area (Å²) < 4.78 is 13.4. The van der Waals surface area contributed by atoms with E-state index < -0.39 is 0 Å². The molecule has 0 aliphatic heterocycles. The number of halogens is 1. The SMILES string of the molecule is Cc1cc(-c2cc(F)ccc2C)cc(C2CC2)n1. The Balaban J connectivity index is 2.12. The van der Waals surface area contributed by atoms with Crippen LogP contribution < -0.4 is 0 Å². The van der Waals surface area contributed by atoms with Gasteiger partial charge >= 0.3 is 0 Å². The molecule has 1 aliphatic rings. The second-order valence-corrected chi connectivity index (χ2v) is 5.16. The van der Waals surface area contributed by atoms with Gasteiger partial charge in [0.1, 0.15) is 5.82 Å². The molecule has 92 valence electrons. The zero-order valence-corrected chi connectivity index (χ0v) is 10.7. The number of aryl methyl sites for hydroxylation is 2. The van der Waals surface area contributed by atoms with E-state index in [2.05, 4.69) is 11.1 Å². The molecule has 0 saturated heterocycles. The van der Waals surface area contributed by atoms with E-state index in [-0.39, 0.29) is 5.82 Å². The summed E-state index contributed by atoms with van der Waals surface area (Å²) in [5, 5.41) is 0. The van der Waals surface area contributed by atoms with Crippen molar-refractivity contribution in [1.29, 1.82) is 0 Å². The van der Waals surface area contributed by atoms with Crippen molar-refractivity contribution in [2.75, 3.05) is 0 Å². The van der Waals surface area contributed by atoms with Crippen LogP contribution in [0, 0.1) is 19.7 Å². The van der Waals surface area contributed by atoms with Gasteiger partial charge in [-0.1, -0.05) is 6.07 Å². The second kappa shape index (κ2) is 4.20. The van der Waals surface area contributed by atoms with Crippen molar-refractivity contribution in [1.82, 2.24) is 4.98 Å². The first kappa shape index (κ1) is 11.4. The lowest BCUT2D eigenvalue weighted by Crippen LogP contribution is -1.93. The molecule has 0 unspecified atom stereocenters. The molecule has 0 spiro atoms. The number of hydrogen-bond donors (Lipinski definition) is 0. The van der Waals surface area contributed by atoms with Gasteiger partial charge in [0.25, 0.3) is 0 Å². The smallest absolute Gasteiger partial charge is 0.123 e. The van der Waals surface area contributed by atoms with Crippen molar-refractivity contribution >= 4 is 0 Å². The van der Waals surface area contributed by atoms with Gasteiger partial charge in [0.15, 0.2) is 0 Å². The van der Waals surface area contributed by atoms with Crippen LogP contribution in [0.5, 0.6) is 0 Å². The Kier molecular flexibility index (Phi) is 2.66. The van der Waals surface area contributed by atoms with Gasteiger partial charge in [-0.05, 0) is 67.6 Å². The van der Waals surface area contributed by atoms with Crippen LogP contribution in [0.15, 0.2) is 30.3 Å². The van der Waals surface area contributed by atoms with Crippen LogP contribution in [0.3, 0.4) is 0 Å². The van der Waals surface area contributed by atoms with Crippen LogP contribution in [0.25, 0.3) is 11.1 Å². The predicted molar refractivity (Wildman–Crippen MR) is 71.1 cm³/mol. The number of benzene rings is 1. The Morgan fingerprint density at radius 1 is 1.11 bits per heavy atom. The monoisotopic (exact) mass is 241 g/mol. The normalized spacial score (nSPS) is 14.8.